The van der Waals surface area contributed by atoms with Gasteiger partial charge in [-0.3, -0.25) is 14.4 Å². The fraction of sp³-hybridized carbons (Fsp3) is 0.473. The maximum atomic E-state index is 14.2. The molecule has 3 amide bonds. The Morgan fingerprint density at radius 3 is 1.23 bits per heavy atom. The molecule has 9 atom stereocenters. The molecular weight excluding hydrogens is 1300 g/mol. The van der Waals surface area contributed by atoms with Crippen LogP contribution in [-0.2, 0) is 33.6 Å². The molecule has 3 N–H and O–H groups in total. The zero-order chi connectivity index (χ0) is 66.8. The molecule has 3 aliphatic rings. The van der Waals surface area contributed by atoms with Crippen LogP contribution in [0.2, 0.25) is 15.1 Å². The van der Waals surface area contributed by atoms with Gasteiger partial charge in [-0.1, -0.05) is 126 Å². The van der Waals surface area contributed by atoms with Gasteiger partial charge in [-0.15, -0.1) is 46.4 Å². The standard InChI is InChI=1S/C26H31F4NO.C24H27Cl4NO.C24H28Cl3NO/c1-15(2)16(3)13-24(32)31-23-14-19-6-5-7-21(22(19)12-17(23)4)25(26(28,29)30)18-8-10-20(27)11-9-18;1-13-7-21-16(11-22(13)29-23(30)8-14(2)24(27)28)5-4-6-20(21)15(3)17-9-18(25)12-19(26)10-17;1-14-10-21-18(13-22(14)28-23(29)11-15(2)24(26)27)7-5-9-20(21)16(3)17-6-4-8-19(25)12-17/h8-12,14-16,21,25H,5-7,13H2,1-4H3,(H,31,32);7,9-12,14-15,20,24H,4-6,8H2,1-3H3,(H,29,30);4,6,8,10,12-13,15-16,20,24H,5,7,9,11H2,1-3H3,(H,28,29). The second kappa shape index (κ2) is 33.2. The summed E-state index contributed by atoms with van der Waals surface area (Å²) in [5, 5.41) is 11.2. The maximum Gasteiger partial charge on any atom is 0.396 e. The van der Waals surface area contributed by atoms with Gasteiger partial charge in [0, 0.05) is 51.4 Å². The van der Waals surface area contributed by atoms with Gasteiger partial charge in [-0.05, 0) is 259 Å². The number of alkyl halides is 7. The number of aryl methyl sites for hydroxylation is 6. The lowest BCUT2D eigenvalue weighted by Gasteiger charge is -2.34. The van der Waals surface area contributed by atoms with Crippen LogP contribution in [0.5, 0.6) is 0 Å². The molecule has 17 heteroatoms. The van der Waals surface area contributed by atoms with Crippen LogP contribution < -0.4 is 16.0 Å². The number of rotatable bonds is 18. The molecule has 9 rings (SSSR count). The third-order valence-electron chi connectivity index (χ3n) is 18.9. The number of hydrogen-bond acceptors (Lipinski definition) is 3. The first-order valence-corrected chi connectivity index (χ1v) is 34.7. The van der Waals surface area contributed by atoms with Gasteiger partial charge in [0.2, 0.25) is 17.7 Å². The fourth-order valence-electron chi connectivity index (χ4n) is 13.1. The molecular formula is C74H86Cl7F4N3O3. The minimum atomic E-state index is -4.45. The van der Waals surface area contributed by atoms with Gasteiger partial charge in [-0.2, -0.15) is 13.2 Å². The van der Waals surface area contributed by atoms with Crippen LogP contribution >= 0.6 is 81.2 Å². The molecule has 0 saturated heterocycles. The summed E-state index contributed by atoms with van der Waals surface area (Å²) in [5.41, 5.74) is 14.7. The van der Waals surface area contributed by atoms with Crippen molar-refractivity contribution in [1.82, 2.24) is 0 Å². The van der Waals surface area contributed by atoms with Crippen molar-refractivity contribution in [3.05, 3.63) is 191 Å². The van der Waals surface area contributed by atoms with Gasteiger partial charge in [0.1, 0.15) is 15.5 Å². The van der Waals surface area contributed by atoms with Crippen molar-refractivity contribution in [3.8, 4) is 0 Å². The van der Waals surface area contributed by atoms with Crippen LogP contribution in [0, 0.1) is 50.3 Å². The minimum Gasteiger partial charge on any atom is -0.326 e. The molecule has 6 aromatic carbocycles. The van der Waals surface area contributed by atoms with Crippen molar-refractivity contribution in [1.29, 1.82) is 0 Å². The topological polar surface area (TPSA) is 87.3 Å². The van der Waals surface area contributed by atoms with E-state index in [-0.39, 0.29) is 41.0 Å². The van der Waals surface area contributed by atoms with Crippen LogP contribution in [0.15, 0.2) is 103 Å². The van der Waals surface area contributed by atoms with Crippen LogP contribution in [0.1, 0.15) is 209 Å². The largest absolute Gasteiger partial charge is 0.396 e. The highest BCUT2D eigenvalue weighted by atomic mass is 35.5. The van der Waals surface area contributed by atoms with Gasteiger partial charge in [0.15, 0.2) is 0 Å². The van der Waals surface area contributed by atoms with E-state index in [9.17, 15) is 31.9 Å². The Bertz CT molecular complexity index is 3470. The van der Waals surface area contributed by atoms with Crippen LogP contribution in [0.25, 0.3) is 0 Å². The molecule has 492 valence electrons. The van der Waals surface area contributed by atoms with E-state index in [0.717, 1.165) is 94.9 Å². The summed E-state index contributed by atoms with van der Waals surface area (Å²) in [6.07, 6.45) is 4.86. The number of anilines is 3. The number of fused-ring (bicyclic) bond motifs is 3. The van der Waals surface area contributed by atoms with E-state index in [1.807, 2.05) is 65.0 Å². The summed E-state index contributed by atoms with van der Waals surface area (Å²) >= 11 is 42.2. The molecule has 91 heavy (non-hydrogen) atoms. The maximum absolute atomic E-state index is 14.2. The van der Waals surface area contributed by atoms with Crippen molar-refractivity contribution < 1.29 is 31.9 Å². The van der Waals surface area contributed by atoms with E-state index >= 15 is 0 Å². The second-order valence-corrected chi connectivity index (χ2v) is 29.7. The third kappa shape index (κ3) is 20.3. The van der Waals surface area contributed by atoms with E-state index in [1.54, 1.807) is 12.1 Å². The zero-order valence-electron chi connectivity index (χ0n) is 53.6. The highest BCUT2D eigenvalue weighted by molar-refractivity contribution is 6.45. The molecule has 0 radical (unpaired) electrons. The Morgan fingerprint density at radius 2 is 0.846 bits per heavy atom. The van der Waals surface area contributed by atoms with E-state index in [1.165, 1.54) is 39.9 Å². The molecule has 6 nitrogen and oxygen atoms in total. The predicted molar refractivity (Wildman–Crippen MR) is 374 cm³/mol. The van der Waals surface area contributed by atoms with Crippen molar-refractivity contribution in [2.45, 2.75) is 198 Å². The molecule has 0 aromatic heterocycles. The summed E-state index contributed by atoms with van der Waals surface area (Å²) in [5.74, 6) is -1.22. The van der Waals surface area contributed by atoms with Gasteiger partial charge in [0.25, 0.3) is 0 Å². The number of benzene rings is 6. The third-order valence-corrected chi connectivity index (χ3v) is 21.3. The number of carbonyl (C=O) groups is 3. The molecule has 0 spiro atoms. The number of halogens is 11. The first kappa shape index (κ1) is 73.9. The normalized spacial score (nSPS) is 18.2. The van der Waals surface area contributed by atoms with Gasteiger partial charge in [0.05, 0.1) is 5.92 Å². The minimum absolute atomic E-state index is 0.0495. The lowest BCUT2D eigenvalue weighted by Crippen LogP contribution is -2.29. The molecule has 0 heterocycles. The monoisotopic (exact) mass is 1390 g/mol. The Hall–Kier alpha value is -4.52. The second-order valence-electron chi connectivity index (χ2n) is 26.1. The average Bonchev–Trinajstić information content (AvgIpc) is 2.41. The first-order chi connectivity index (χ1) is 42.9. The van der Waals surface area contributed by atoms with Crippen LogP contribution in [0.3, 0.4) is 0 Å². The van der Waals surface area contributed by atoms with Crippen molar-refractivity contribution >= 4 is 116 Å². The Morgan fingerprint density at radius 1 is 0.473 bits per heavy atom. The summed E-state index contributed by atoms with van der Waals surface area (Å²) in [4.78, 5) is 36.2. The number of carbonyl (C=O) groups excluding carboxylic acids is 3. The van der Waals surface area contributed by atoms with E-state index in [2.05, 4.69) is 87.0 Å². The Labute approximate surface area is 571 Å². The lowest BCUT2D eigenvalue weighted by atomic mass is 9.72. The number of nitrogens with one attached hydrogen (secondary N) is 3. The quantitative estimate of drug-likeness (QED) is 0.0592. The molecule has 0 saturated carbocycles. The molecule has 0 aliphatic heterocycles. The summed E-state index contributed by atoms with van der Waals surface area (Å²) in [6.45, 7) is 20.4. The SMILES string of the molecule is Cc1cc2c(cc1NC(=O)CC(C)C(C)C)CCCC2C(c1ccc(F)cc1)C(F)(F)F.Cc1cc2c(cc1NC(=O)CC(C)C(Cl)Cl)CCCC2C(C)c1cc(Cl)cc(Cl)c1.Cc1cc2c(cc1NC(=O)CC(C)C(Cl)Cl)CCCC2C(C)c1cccc(Cl)c1. The number of amides is 3. The smallest absolute Gasteiger partial charge is 0.326 e. The van der Waals surface area contributed by atoms with E-state index in [4.69, 9.17) is 81.2 Å². The van der Waals surface area contributed by atoms with Crippen LogP contribution in [-0.4, -0.2) is 33.6 Å². The summed E-state index contributed by atoms with van der Waals surface area (Å²) in [6, 6.07) is 31.0. The highest BCUT2D eigenvalue weighted by Crippen LogP contribution is 2.51. The average molecular weight is 1390 g/mol. The zero-order valence-corrected chi connectivity index (χ0v) is 58.9. The summed E-state index contributed by atoms with van der Waals surface area (Å²) in [7, 11) is 0. The fourth-order valence-corrected chi connectivity index (χ4v) is 14.2. The van der Waals surface area contributed by atoms with Gasteiger partial charge < -0.3 is 16.0 Å². The first-order valence-electron chi connectivity index (χ1n) is 31.8. The molecule has 0 fully saturated rings. The Kier molecular flexibility index (Phi) is 27.0. The van der Waals surface area contributed by atoms with E-state index < -0.39 is 33.5 Å². The van der Waals surface area contributed by atoms with Crippen molar-refractivity contribution in [2.24, 2.45) is 23.7 Å². The number of hydrogen-bond donors (Lipinski definition) is 3. The lowest BCUT2D eigenvalue weighted by molar-refractivity contribution is -0.156. The molecule has 9 unspecified atom stereocenters. The van der Waals surface area contributed by atoms with Gasteiger partial charge in [-0.25, -0.2) is 4.39 Å². The predicted octanol–water partition coefficient (Wildman–Crippen LogP) is 23.5. The molecule has 3 aliphatic carbocycles. The summed E-state index contributed by atoms with van der Waals surface area (Å²) < 4.78 is 55.9. The van der Waals surface area contributed by atoms with E-state index in [0.29, 0.717) is 89.4 Å². The van der Waals surface area contributed by atoms with Crippen molar-refractivity contribution in [3.63, 3.8) is 0 Å². The molecule has 6 aromatic rings. The van der Waals surface area contributed by atoms with Gasteiger partial charge >= 0.3 is 6.18 Å². The van der Waals surface area contributed by atoms with Crippen molar-refractivity contribution in [2.75, 3.05) is 16.0 Å². The highest BCUT2D eigenvalue weighted by Gasteiger charge is 2.47. The Balaban J connectivity index is 0.000000194. The van der Waals surface area contributed by atoms with Crippen LogP contribution in [0.4, 0.5) is 34.6 Å². The molecule has 0 bridgehead atoms.